The molecule has 0 unspecified atom stereocenters. The summed E-state index contributed by atoms with van der Waals surface area (Å²) in [5.74, 6) is -1.35. The molecule has 0 saturated carbocycles. The van der Waals surface area contributed by atoms with Crippen molar-refractivity contribution >= 4 is 66.4 Å². The molecule has 0 aliphatic rings. The average Bonchev–Trinajstić information content (AvgIpc) is 0.732. The van der Waals surface area contributed by atoms with Crippen LogP contribution >= 0.6 is 0 Å². The number of hydrogen-bond donors (Lipinski definition) is 0. The van der Waals surface area contributed by atoms with Gasteiger partial charge in [0.1, 0.15) is 11.6 Å². The van der Waals surface area contributed by atoms with E-state index in [1.807, 2.05) is 18.2 Å². The Labute approximate surface area is 422 Å². The standard InChI is InChI=1S/C64H42F2N2/c65-51-25-14-27-53(41-51)67(60-35-31-48(43-16-5-1-6-17-43)38-57(60)45-20-9-3-10-21-45)59-37-33-50-40-62(55-29-13-24-47-30-34-56(59)64(50)63(47)55)68(54-28-15-26-52(66)42-54)61-36-32-49(44-18-7-2-8-19-44)39-58(61)46-22-11-4-12-23-46/h1-42H/i1D,2D,3D,4D,5D,6D,7D,8D,9D,10D,11D,12D,16D,17D,18D,19D,20D,21D,22D,23D. The average molecular weight is 897 g/mol. The maximum atomic E-state index is 15.9. The highest BCUT2D eigenvalue weighted by Gasteiger charge is 2.26. The summed E-state index contributed by atoms with van der Waals surface area (Å²) in [5.41, 5.74) is 0.149. The first-order chi connectivity index (χ1) is 41.8. The zero-order valence-corrected chi connectivity index (χ0v) is 35.4. The maximum absolute atomic E-state index is 15.9. The van der Waals surface area contributed by atoms with E-state index in [9.17, 15) is 5.48 Å². The minimum absolute atomic E-state index is 0.0328. The van der Waals surface area contributed by atoms with Crippen LogP contribution in [0.4, 0.5) is 42.9 Å². The van der Waals surface area contributed by atoms with Crippen molar-refractivity contribution in [1.29, 1.82) is 0 Å². The van der Waals surface area contributed by atoms with Crippen molar-refractivity contribution in [3.63, 3.8) is 0 Å². The molecule has 0 saturated heterocycles. The Balaban J connectivity index is 1.17. The molecule has 0 fully saturated rings. The number of halogens is 2. The molecule has 12 rings (SSSR count). The Bertz CT molecular complexity index is 4880. The summed E-state index contributed by atoms with van der Waals surface area (Å²) in [4.78, 5) is 3.26. The number of nitrogens with zero attached hydrogens (tertiary/aromatic N) is 2. The van der Waals surface area contributed by atoms with E-state index in [0.717, 1.165) is 0 Å². The van der Waals surface area contributed by atoms with Gasteiger partial charge in [-0.2, -0.15) is 0 Å². The van der Waals surface area contributed by atoms with Gasteiger partial charge in [-0.05, 0) is 128 Å². The molecule has 0 radical (unpaired) electrons. The number of benzene rings is 12. The van der Waals surface area contributed by atoms with Gasteiger partial charge in [0.05, 0.1) is 50.2 Å². The SMILES string of the molecule is [2H]c1c([2H])c([2H])c(-c2ccc(N(c3cccc(F)c3)c3cc4ccc(N(c5cccc(F)c5)c5ccc(-c6c([2H])c([2H])c([2H])c([2H])c6[2H])cc5-c5c([2H])c([2H])c([2H])c([2H])c5[2H])c5ccc6cccc3c6c45)c(-c3c([2H])c([2H])c([2H])c([2H])c3[2H])c2)c([2H])c1[2H]. The fraction of sp³-hybridized carbons (Fsp3) is 0. The molecule has 0 heterocycles. The fourth-order valence-electron chi connectivity index (χ4n) is 8.95. The van der Waals surface area contributed by atoms with Crippen molar-refractivity contribution in [3.8, 4) is 44.5 Å². The summed E-state index contributed by atoms with van der Waals surface area (Å²) in [7, 11) is 0. The lowest BCUT2D eigenvalue weighted by molar-refractivity contribution is 0.627. The van der Waals surface area contributed by atoms with Crippen LogP contribution in [0.3, 0.4) is 0 Å². The summed E-state index contributed by atoms with van der Waals surface area (Å²) in [6.45, 7) is 0. The topological polar surface area (TPSA) is 6.48 Å². The Morgan fingerprint density at radius 2 is 0.735 bits per heavy atom. The number of rotatable bonds is 10. The molecule has 0 aliphatic heterocycles. The van der Waals surface area contributed by atoms with Gasteiger partial charge in [0.15, 0.2) is 0 Å². The third-order valence-corrected chi connectivity index (χ3v) is 11.8. The molecule has 4 heteroatoms. The molecule has 12 aromatic carbocycles. The van der Waals surface area contributed by atoms with Crippen LogP contribution in [0.5, 0.6) is 0 Å². The largest absolute Gasteiger partial charge is 0.309 e. The smallest absolute Gasteiger partial charge is 0.125 e. The van der Waals surface area contributed by atoms with Gasteiger partial charge in [-0.1, -0.05) is 182 Å². The molecule has 0 N–H and O–H groups in total. The van der Waals surface area contributed by atoms with Crippen LogP contribution in [0.1, 0.15) is 27.4 Å². The van der Waals surface area contributed by atoms with Crippen molar-refractivity contribution in [2.24, 2.45) is 0 Å². The van der Waals surface area contributed by atoms with Crippen LogP contribution in [0, 0.1) is 11.6 Å². The van der Waals surface area contributed by atoms with Crippen molar-refractivity contribution in [1.82, 2.24) is 0 Å². The fourth-order valence-corrected chi connectivity index (χ4v) is 8.95. The molecule has 0 atom stereocenters. The molecule has 12 aromatic rings. The molecule has 0 spiro atoms. The van der Waals surface area contributed by atoms with Crippen LogP contribution in [-0.2, 0) is 0 Å². The molecule has 2 nitrogen and oxygen atoms in total. The molecular weight excluding hydrogens is 835 g/mol. The molecular formula is C64H42F2N2. The van der Waals surface area contributed by atoms with Gasteiger partial charge in [0.2, 0.25) is 0 Å². The predicted molar refractivity (Wildman–Crippen MR) is 281 cm³/mol. The Morgan fingerprint density at radius 1 is 0.309 bits per heavy atom. The maximum Gasteiger partial charge on any atom is 0.125 e. The van der Waals surface area contributed by atoms with Gasteiger partial charge in [0, 0.05) is 33.3 Å². The second-order valence-corrected chi connectivity index (χ2v) is 15.7. The first kappa shape index (κ1) is 24.6. The minimum Gasteiger partial charge on any atom is -0.309 e. The van der Waals surface area contributed by atoms with E-state index in [4.69, 9.17) is 21.9 Å². The Kier molecular flexibility index (Phi) is 6.21. The predicted octanol–water partition coefficient (Wildman–Crippen LogP) is 18.5. The third kappa shape index (κ3) is 7.29. The van der Waals surface area contributed by atoms with Gasteiger partial charge in [-0.3, -0.25) is 0 Å². The first-order valence-corrected chi connectivity index (χ1v) is 21.2. The van der Waals surface area contributed by atoms with E-state index in [-0.39, 0.29) is 67.3 Å². The molecule has 0 aliphatic carbocycles. The Hall–Kier alpha value is -8.86. The van der Waals surface area contributed by atoms with Crippen LogP contribution < -0.4 is 9.80 Å². The first-order valence-electron chi connectivity index (χ1n) is 31.2. The zero-order valence-electron chi connectivity index (χ0n) is 55.4. The molecule has 322 valence electrons. The minimum atomic E-state index is -0.693. The van der Waals surface area contributed by atoms with Crippen molar-refractivity contribution in [3.05, 3.63) is 266 Å². The normalized spacial score (nSPS) is 15.5. The van der Waals surface area contributed by atoms with Crippen molar-refractivity contribution in [2.45, 2.75) is 0 Å². The second kappa shape index (κ2) is 17.2. The van der Waals surface area contributed by atoms with Crippen molar-refractivity contribution < 1.29 is 36.2 Å². The number of hydrogen-bond acceptors (Lipinski definition) is 2. The van der Waals surface area contributed by atoms with Crippen LogP contribution in [0.25, 0.3) is 76.8 Å². The van der Waals surface area contributed by atoms with Gasteiger partial charge < -0.3 is 9.80 Å². The van der Waals surface area contributed by atoms with E-state index in [2.05, 4.69) is 0 Å². The van der Waals surface area contributed by atoms with E-state index in [1.54, 1.807) is 52.3 Å². The van der Waals surface area contributed by atoms with Gasteiger partial charge in [-0.25, -0.2) is 8.78 Å². The monoisotopic (exact) mass is 896 g/mol. The lowest BCUT2D eigenvalue weighted by Crippen LogP contribution is -2.13. The molecule has 0 aromatic heterocycles. The molecule has 0 bridgehead atoms. The van der Waals surface area contributed by atoms with Gasteiger partial charge in [-0.15, -0.1) is 0 Å². The summed E-state index contributed by atoms with van der Waals surface area (Å²) in [5, 5.41) is 3.46. The lowest BCUT2D eigenvalue weighted by atomic mass is 9.90. The Morgan fingerprint density at radius 3 is 1.25 bits per heavy atom. The van der Waals surface area contributed by atoms with Crippen LogP contribution in [-0.4, -0.2) is 0 Å². The summed E-state index contributed by atoms with van der Waals surface area (Å²) >= 11 is 0. The summed E-state index contributed by atoms with van der Waals surface area (Å²) in [6.07, 6.45) is 0. The molecule has 68 heavy (non-hydrogen) atoms. The zero-order chi connectivity index (χ0) is 63.0. The quantitative estimate of drug-likeness (QED) is 0.126. The second-order valence-electron chi connectivity index (χ2n) is 15.7. The van der Waals surface area contributed by atoms with Crippen LogP contribution in [0.15, 0.2) is 254 Å². The van der Waals surface area contributed by atoms with Gasteiger partial charge >= 0.3 is 0 Å². The van der Waals surface area contributed by atoms with E-state index in [0.29, 0.717) is 43.7 Å². The third-order valence-electron chi connectivity index (χ3n) is 11.8. The van der Waals surface area contributed by atoms with Crippen molar-refractivity contribution in [2.75, 3.05) is 9.80 Å². The van der Waals surface area contributed by atoms with Gasteiger partial charge in [0.25, 0.3) is 0 Å². The highest BCUT2D eigenvalue weighted by atomic mass is 19.1. The summed E-state index contributed by atoms with van der Waals surface area (Å²) < 4.78 is 207. The van der Waals surface area contributed by atoms with Crippen LogP contribution in [0.2, 0.25) is 0 Å². The molecule has 0 amide bonds. The highest BCUT2D eigenvalue weighted by molar-refractivity contribution is 6.29. The van der Waals surface area contributed by atoms with E-state index >= 15 is 8.78 Å². The summed E-state index contributed by atoms with van der Waals surface area (Å²) in [6, 6.07) is 21.3. The highest BCUT2D eigenvalue weighted by Crippen LogP contribution is 2.51. The lowest BCUT2D eigenvalue weighted by Gasteiger charge is -2.32. The van der Waals surface area contributed by atoms with E-state index < -0.39 is 132 Å². The number of anilines is 6. The van der Waals surface area contributed by atoms with E-state index in [1.165, 1.54) is 72.8 Å².